The number of hydrogen-bond donors (Lipinski definition) is 1. The third kappa shape index (κ3) is 5.29. The van der Waals surface area contributed by atoms with Gasteiger partial charge in [0, 0.05) is 12.6 Å². The number of nitrogens with zero attached hydrogens (tertiary/aromatic N) is 1. The Balaban J connectivity index is 1.70. The molecule has 1 atom stereocenters. The summed E-state index contributed by atoms with van der Waals surface area (Å²) in [6, 6.07) is 9.16. The minimum Gasteiger partial charge on any atom is -0.489 e. The first-order valence-corrected chi connectivity index (χ1v) is 8.80. The Labute approximate surface area is 136 Å². The Morgan fingerprint density at radius 2 is 1.77 bits per heavy atom. The SMILES string of the molecule is CCN1CCC(NC[C@H](C)Oc2ccc(C(C)C)cc2)CC1. The number of piperidine rings is 1. The average molecular weight is 304 g/mol. The van der Waals surface area contributed by atoms with Crippen molar-refractivity contribution in [1.29, 1.82) is 0 Å². The van der Waals surface area contributed by atoms with Gasteiger partial charge in [-0.3, -0.25) is 0 Å². The summed E-state index contributed by atoms with van der Waals surface area (Å²) in [4.78, 5) is 2.52. The Bertz CT molecular complexity index is 422. The molecule has 1 aromatic carbocycles. The molecule has 2 rings (SSSR count). The van der Waals surface area contributed by atoms with Crippen molar-refractivity contribution in [2.24, 2.45) is 0 Å². The molecule has 1 aliphatic heterocycles. The van der Waals surface area contributed by atoms with E-state index in [1.807, 2.05) is 0 Å². The van der Waals surface area contributed by atoms with Crippen LogP contribution in [0.3, 0.4) is 0 Å². The van der Waals surface area contributed by atoms with Gasteiger partial charge in [0.2, 0.25) is 0 Å². The smallest absolute Gasteiger partial charge is 0.119 e. The standard InChI is InChI=1S/C19H32N2O/c1-5-21-12-10-18(11-13-21)20-14-16(4)22-19-8-6-17(7-9-19)15(2)3/h6-9,15-16,18,20H,5,10-14H2,1-4H3/t16-/m0/s1. The lowest BCUT2D eigenvalue weighted by Crippen LogP contribution is -2.44. The van der Waals surface area contributed by atoms with E-state index in [1.165, 1.54) is 38.0 Å². The Hall–Kier alpha value is -1.06. The van der Waals surface area contributed by atoms with Crippen LogP contribution in [0.5, 0.6) is 5.75 Å². The van der Waals surface area contributed by atoms with Crippen LogP contribution in [0.15, 0.2) is 24.3 Å². The van der Waals surface area contributed by atoms with Gasteiger partial charge in [0.05, 0.1) is 0 Å². The van der Waals surface area contributed by atoms with Crippen molar-refractivity contribution in [3.05, 3.63) is 29.8 Å². The molecule has 124 valence electrons. The molecule has 0 bridgehead atoms. The second-order valence-corrected chi connectivity index (χ2v) is 6.77. The number of likely N-dealkylation sites (tertiary alicyclic amines) is 1. The van der Waals surface area contributed by atoms with Gasteiger partial charge in [0.25, 0.3) is 0 Å². The largest absolute Gasteiger partial charge is 0.489 e. The Morgan fingerprint density at radius 3 is 2.32 bits per heavy atom. The summed E-state index contributed by atoms with van der Waals surface area (Å²) in [5.41, 5.74) is 1.36. The summed E-state index contributed by atoms with van der Waals surface area (Å²) >= 11 is 0. The van der Waals surface area contributed by atoms with Crippen LogP contribution < -0.4 is 10.1 Å². The second-order valence-electron chi connectivity index (χ2n) is 6.77. The molecule has 22 heavy (non-hydrogen) atoms. The van der Waals surface area contributed by atoms with Crippen LogP contribution in [0.1, 0.15) is 52.0 Å². The lowest BCUT2D eigenvalue weighted by Gasteiger charge is -2.32. The minimum atomic E-state index is 0.203. The van der Waals surface area contributed by atoms with E-state index in [4.69, 9.17) is 4.74 Å². The predicted octanol–water partition coefficient (Wildman–Crippen LogP) is 3.65. The van der Waals surface area contributed by atoms with Crippen LogP contribution in [0.2, 0.25) is 0 Å². The fourth-order valence-electron chi connectivity index (χ4n) is 2.99. The normalized spacial score (nSPS) is 18.6. The molecule has 3 nitrogen and oxygen atoms in total. The van der Waals surface area contributed by atoms with Crippen LogP contribution in [0.25, 0.3) is 0 Å². The molecular formula is C19H32N2O. The van der Waals surface area contributed by atoms with Crippen molar-refractivity contribution in [3.63, 3.8) is 0 Å². The minimum absolute atomic E-state index is 0.203. The van der Waals surface area contributed by atoms with Gasteiger partial charge in [-0.2, -0.15) is 0 Å². The fraction of sp³-hybridized carbons (Fsp3) is 0.684. The topological polar surface area (TPSA) is 24.5 Å². The number of ether oxygens (including phenoxy) is 1. The van der Waals surface area contributed by atoms with Crippen LogP contribution in [0, 0.1) is 0 Å². The van der Waals surface area contributed by atoms with Crippen molar-refractivity contribution >= 4 is 0 Å². The maximum atomic E-state index is 6.01. The molecule has 1 fully saturated rings. The zero-order valence-corrected chi connectivity index (χ0v) is 14.6. The summed E-state index contributed by atoms with van der Waals surface area (Å²) in [6.45, 7) is 13.4. The maximum Gasteiger partial charge on any atom is 0.119 e. The highest BCUT2D eigenvalue weighted by Gasteiger charge is 2.18. The summed E-state index contributed by atoms with van der Waals surface area (Å²) < 4.78 is 6.01. The maximum absolute atomic E-state index is 6.01. The monoisotopic (exact) mass is 304 g/mol. The van der Waals surface area contributed by atoms with E-state index in [0.29, 0.717) is 12.0 Å². The lowest BCUT2D eigenvalue weighted by atomic mass is 10.0. The average Bonchev–Trinajstić information content (AvgIpc) is 2.54. The number of rotatable bonds is 7. The highest BCUT2D eigenvalue weighted by molar-refractivity contribution is 5.29. The third-order valence-corrected chi connectivity index (χ3v) is 4.61. The van der Waals surface area contributed by atoms with E-state index in [-0.39, 0.29) is 6.10 Å². The molecular weight excluding hydrogens is 272 g/mol. The lowest BCUT2D eigenvalue weighted by molar-refractivity contribution is 0.178. The zero-order chi connectivity index (χ0) is 15.9. The number of nitrogens with one attached hydrogen (secondary N) is 1. The van der Waals surface area contributed by atoms with Crippen LogP contribution >= 0.6 is 0 Å². The van der Waals surface area contributed by atoms with E-state index >= 15 is 0 Å². The van der Waals surface area contributed by atoms with Crippen LogP contribution in [-0.2, 0) is 0 Å². The Kier molecular flexibility index (Phi) is 6.71. The first-order valence-electron chi connectivity index (χ1n) is 8.80. The van der Waals surface area contributed by atoms with Crippen molar-refractivity contribution < 1.29 is 4.74 Å². The molecule has 1 aromatic rings. The second kappa shape index (κ2) is 8.54. The van der Waals surface area contributed by atoms with Gasteiger partial charge in [-0.15, -0.1) is 0 Å². The molecule has 0 saturated carbocycles. The Morgan fingerprint density at radius 1 is 1.14 bits per heavy atom. The van der Waals surface area contributed by atoms with E-state index < -0.39 is 0 Å². The van der Waals surface area contributed by atoms with Crippen molar-refractivity contribution in [1.82, 2.24) is 10.2 Å². The zero-order valence-electron chi connectivity index (χ0n) is 14.6. The van der Waals surface area contributed by atoms with Gasteiger partial charge in [-0.1, -0.05) is 32.9 Å². The summed E-state index contributed by atoms with van der Waals surface area (Å²) in [5, 5.41) is 3.66. The number of benzene rings is 1. The van der Waals surface area contributed by atoms with Gasteiger partial charge >= 0.3 is 0 Å². The first-order chi connectivity index (χ1) is 10.6. The molecule has 1 saturated heterocycles. The number of hydrogen-bond acceptors (Lipinski definition) is 3. The summed E-state index contributed by atoms with van der Waals surface area (Å²) in [7, 11) is 0. The molecule has 1 aliphatic rings. The molecule has 1 N–H and O–H groups in total. The van der Waals surface area contributed by atoms with Crippen LogP contribution in [0.4, 0.5) is 0 Å². The molecule has 0 unspecified atom stereocenters. The first kappa shape index (κ1) is 17.3. The quantitative estimate of drug-likeness (QED) is 0.832. The highest BCUT2D eigenvalue weighted by Crippen LogP contribution is 2.19. The molecule has 0 amide bonds. The van der Waals surface area contributed by atoms with E-state index in [9.17, 15) is 0 Å². The van der Waals surface area contributed by atoms with E-state index in [2.05, 4.69) is 62.2 Å². The van der Waals surface area contributed by atoms with E-state index in [1.54, 1.807) is 0 Å². The third-order valence-electron chi connectivity index (χ3n) is 4.61. The van der Waals surface area contributed by atoms with Gasteiger partial charge in [-0.05, 0) is 63.0 Å². The van der Waals surface area contributed by atoms with Crippen molar-refractivity contribution in [3.8, 4) is 5.75 Å². The molecule has 1 heterocycles. The predicted molar refractivity (Wildman–Crippen MR) is 93.8 cm³/mol. The molecule has 3 heteroatoms. The summed E-state index contributed by atoms with van der Waals surface area (Å²) in [6.07, 6.45) is 2.71. The van der Waals surface area contributed by atoms with Gasteiger partial charge in [0.1, 0.15) is 11.9 Å². The molecule has 0 aliphatic carbocycles. The molecule has 0 aromatic heterocycles. The van der Waals surface area contributed by atoms with Crippen molar-refractivity contribution in [2.45, 2.75) is 58.6 Å². The van der Waals surface area contributed by atoms with Crippen molar-refractivity contribution in [2.75, 3.05) is 26.2 Å². The van der Waals surface area contributed by atoms with Gasteiger partial charge in [0.15, 0.2) is 0 Å². The van der Waals surface area contributed by atoms with Gasteiger partial charge < -0.3 is 15.0 Å². The van der Waals surface area contributed by atoms with E-state index in [0.717, 1.165) is 12.3 Å². The van der Waals surface area contributed by atoms with Gasteiger partial charge in [-0.25, -0.2) is 0 Å². The van der Waals surface area contributed by atoms with Crippen LogP contribution in [-0.4, -0.2) is 43.2 Å². The fourth-order valence-corrected chi connectivity index (χ4v) is 2.99. The molecule has 0 spiro atoms. The summed E-state index contributed by atoms with van der Waals surface area (Å²) in [5.74, 6) is 1.54. The highest BCUT2D eigenvalue weighted by atomic mass is 16.5. The molecule has 0 radical (unpaired) electrons.